The number of carbonyl (C=O) groups is 4. The maximum absolute atomic E-state index is 13.3. The minimum absolute atomic E-state index is 0.114. The van der Waals surface area contributed by atoms with Crippen molar-refractivity contribution in [3.05, 3.63) is 95.1 Å². The Morgan fingerprint density at radius 2 is 1.54 bits per heavy atom. The third-order valence-electron chi connectivity index (χ3n) is 8.23. The van der Waals surface area contributed by atoms with Crippen molar-refractivity contribution in [2.75, 3.05) is 11.5 Å². The third kappa shape index (κ3) is 4.92. The Morgan fingerprint density at radius 3 is 2.20 bits per heavy atom. The van der Waals surface area contributed by atoms with Crippen LogP contribution < -0.4 is 4.90 Å². The highest BCUT2D eigenvalue weighted by Gasteiger charge is 2.48. The zero-order valence-electron chi connectivity index (χ0n) is 23.1. The van der Waals surface area contributed by atoms with Gasteiger partial charge in [-0.15, -0.1) is 0 Å². The zero-order valence-corrected chi connectivity index (χ0v) is 23.1. The highest BCUT2D eigenvalue weighted by atomic mass is 16.5. The SMILES string of the molecule is Cc1ccc(C(=O)COC(=O)c2cc(-c3ccc(N4C(=O)C5CCCCC5C4=O)cc3)nc3c(C)cccc23)cc1. The van der Waals surface area contributed by atoms with Gasteiger partial charge in [0.1, 0.15) is 0 Å². The average molecular weight is 547 g/mol. The number of carbonyl (C=O) groups excluding carboxylic acids is 4. The van der Waals surface area contributed by atoms with Gasteiger partial charge in [-0.3, -0.25) is 19.3 Å². The number of esters is 1. The van der Waals surface area contributed by atoms with E-state index in [1.165, 1.54) is 4.90 Å². The van der Waals surface area contributed by atoms with Crippen LogP contribution >= 0.6 is 0 Å². The Morgan fingerprint density at radius 1 is 0.878 bits per heavy atom. The number of aromatic nitrogens is 1. The molecule has 3 aromatic carbocycles. The number of hydrogen-bond donors (Lipinski definition) is 0. The van der Waals surface area contributed by atoms with Gasteiger partial charge in [-0.1, -0.05) is 73.0 Å². The van der Waals surface area contributed by atoms with Crippen LogP contribution in [-0.4, -0.2) is 35.2 Å². The van der Waals surface area contributed by atoms with E-state index in [-0.39, 0.29) is 36.0 Å². The Balaban J connectivity index is 1.28. The molecule has 2 fully saturated rings. The molecule has 0 spiro atoms. The largest absolute Gasteiger partial charge is 0.454 e. The van der Waals surface area contributed by atoms with E-state index in [0.717, 1.165) is 42.4 Å². The molecule has 7 nitrogen and oxygen atoms in total. The molecule has 2 aliphatic rings. The van der Waals surface area contributed by atoms with Crippen LogP contribution in [-0.2, 0) is 14.3 Å². The Hall–Kier alpha value is -4.65. The Labute approximate surface area is 238 Å². The number of imide groups is 1. The van der Waals surface area contributed by atoms with Crippen LogP contribution in [0.15, 0.2) is 72.8 Å². The lowest BCUT2D eigenvalue weighted by Gasteiger charge is -2.19. The van der Waals surface area contributed by atoms with Crippen molar-refractivity contribution < 1.29 is 23.9 Å². The van der Waals surface area contributed by atoms with Crippen molar-refractivity contribution in [1.82, 2.24) is 4.98 Å². The number of ether oxygens (including phenoxy) is 1. The molecule has 2 atom stereocenters. The number of pyridine rings is 1. The van der Waals surface area contributed by atoms with Gasteiger partial charge in [0.05, 0.1) is 34.3 Å². The molecule has 1 saturated heterocycles. The third-order valence-corrected chi connectivity index (χ3v) is 8.23. The molecule has 0 radical (unpaired) electrons. The summed E-state index contributed by atoms with van der Waals surface area (Å²) in [6.07, 6.45) is 3.48. The molecule has 2 heterocycles. The predicted molar refractivity (Wildman–Crippen MR) is 156 cm³/mol. The summed E-state index contributed by atoms with van der Waals surface area (Å²) in [7, 11) is 0. The standard InChI is InChI=1S/C34H30N2O5/c1-20-10-12-23(13-11-20)30(37)19-41-34(40)28-18-29(35-31-21(2)6-5-9-25(28)31)22-14-16-24(17-15-22)36-32(38)26-7-3-4-8-27(26)33(36)39/h5-6,9-18,26-27H,3-4,7-8,19H2,1-2H3. The Bertz CT molecular complexity index is 1670. The fourth-order valence-electron chi connectivity index (χ4n) is 5.94. The average Bonchev–Trinajstić information content (AvgIpc) is 3.25. The van der Waals surface area contributed by atoms with Crippen LogP contribution in [0.3, 0.4) is 0 Å². The first-order valence-electron chi connectivity index (χ1n) is 14.0. The number of ketones is 1. The minimum Gasteiger partial charge on any atom is -0.454 e. The van der Waals surface area contributed by atoms with E-state index in [0.29, 0.717) is 33.4 Å². The second-order valence-corrected chi connectivity index (χ2v) is 10.9. The van der Waals surface area contributed by atoms with Crippen LogP contribution in [0.2, 0.25) is 0 Å². The second kappa shape index (κ2) is 10.7. The smallest absolute Gasteiger partial charge is 0.339 e. The highest BCUT2D eigenvalue weighted by Crippen LogP contribution is 2.40. The fraction of sp³-hybridized carbons (Fsp3) is 0.265. The van der Waals surface area contributed by atoms with E-state index in [2.05, 4.69) is 0 Å². The van der Waals surface area contributed by atoms with Crippen molar-refractivity contribution in [1.29, 1.82) is 0 Å². The number of amides is 2. The highest BCUT2D eigenvalue weighted by molar-refractivity contribution is 6.22. The van der Waals surface area contributed by atoms with Crippen molar-refractivity contribution >= 4 is 40.2 Å². The molecule has 2 amide bonds. The molecular formula is C34H30N2O5. The van der Waals surface area contributed by atoms with Gasteiger partial charge < -0.3 is 4.74 Å². The van der Waals surface area contributed by atoms with Crippen molar-refractivity contribution in [2.24, 2.45) is 11.8 Å². The molecule has 0 bridgehead atoms. The molecule has 2 unspecified atom stereocenters. The zero-order chi connectivity index (χ0) is 28.7. The first-order valence-corrected chi connectivity index (χ1v) is 14.0. The second-order valence-electron chi connectivity index (χ2n) is 10.9. The Kier molecular flexibility index (Phi) is 6.95. The van der Waals surface area contributed by atoms with Gasteiger partial charge in [-0.2, -0.15) is 0 Å². The molecule has 1 aliphatic carbocycles. The van der Waals surface area contributed by atoms with Gasteiger partial charge in [0.25, 0.3) is 0 Å². The van der Waals surface area contributed by atoms with Gasteiger partial charge in [0.15, 0.2) is 12.4 Å². The van der Waals surface area contributed by atoms with Gasteiger partial charge in [-0.05, 0) is 50.5 Å². The number of nitrogens with zero attached hydrogens (tertiary/aromatic N) is 2. The lowest BCUT2D eigenvalue weighted by molar-refractivity contribution is -0.122. The van der Waals surface area contributed by atoms with Crippen molar-refractivity contribution in [3.63, 3.8) is 0 Å². The molecule has 1 saturated carbocycles. The van der Waals surface area contributed by atoms with E-state index in [1.807, 2.05) is 44.2 Å². The summed E-state index contributed by atoms with van der Waals surface area (Å²) >= 11 is 0. The number of benzene rings is 3. The summed E-state index contributed by atoms with van der Waals surface area (Å²) in [6, 6.07) is 21.5. The molecule has 4 aromatic rings. The van der Waals surface area contributed by atoms with Gasteiger partial charge >= 0.3 is 5.97 Å². The summed E-state index contributed by atoms with van der Waals surface area (Å²) in [6.45, 7) is 3.48. The van der Waals surface area contributed by atoms with Crippen molar-refractivity contribution in [3.8, 4) is 11.3 Å². The van der Waals surface area contributed by atoms with Crippen molar-refractivity contribution in [2.45, 2.75) is 39.5 Å². The molecule has 1 aliphatic heterocycles. The normalized spacial score (nSPS) is 18.4. The maximum Gasteiger partial charge on any atom is 0.339 e. The monoisotopic (exact) mass is 546 g/mol. The van der Waals surface area contributed by atoms with E-state index < -0.39 is 5.97 Å². The van der Waals surface area contributed by atoms with Gasteiger partial charge in [0, 0.05) is 16.5 Å². The molecule has 41 heavy (non-hydrogen) atoms. The summed E-state index contributed by atoms with van der Waals surface area (Å²) in [5, 5.41) is 0.633. The van der Waals surface area contributed by atoms with E-state index in [9.17, 15) is 19.2 Å². The number of hydrogen-bond acceptors (Lipinski definition) is 6. The van der Waals surface area contributed by atoms with Crippen LogP contribution in [0.5, 0.6) is 0 Å². The van der Waals surface area contributed by atoms with Crippen LogP contribution in [0.1, 0.15) is 57.5 Å². The number of para-hydroxylation sites is 1. The van der Waals surface area contributed by atoms with E-state index >= 15 is 0 Å². The molecule has 1 aromatic heterocycles. The fourth-order valence-corrected chi connectivity index (χ4v) is 5.94. The molecule has 206 valence electrons. The lowest BCUT2D eigenvalue weighted by Crippen LogP contribution is -2.30. The number of fused-ring (bicyclic) bond motifs is 2. The maximum atomic E-state index is 13.3. The molecule has 6 rings (SSSR count). The van der Waals surface area contributed by atoms with E-state index in [4.69, 9.17) is 9.72 Å². The quantitative estimate of drug-likeness (QED) is 0.162. The molecular weight excluding hydrogens is 516 g/mol. The topological polar surface area (TPSA) is 93.6 Å². The minimum atomic E-state index is -0.614. The lowest BCUT2D eigenvalue weighted by atomic mass is 9.81. The molecule has 0 N–H and O–H groups in total. The van der Waals surface area contributed by atoms with Crippen LogP contribution in [0, 0.1) is 25.7 Å². The first kappa shape index (κ1) is 26.6. The summed E-state index contributed by atoms with van der Waals surface area (Å²) in [4.78, 5) is 58.2. The van der Waals surface area contributed by atoms with Crippen LogP contribution in [0.25, 0.3) is 22.2 Å². The molecule has 7 heteroatoms. The van der Waals surface area contributed by atoms with Gasteiger partial charge in [0.2, 0.25) is 11.8 Å². The summed E-state index contributed by atoms with van der Waals surface area (Å²) < 4.78 is 5.47. The first-order chi connectivity index (χ1) is 19.8. The number of Topliss-reactive ketones (excluding diaryl/α,β-unsaturated/α-hetero) is 1. The number of rotatable bonds is 6. The summed E-state index contributed by atoms with van der Waals surface area (Å²) in [5.41, 5.74) is 5.18. The van der Waals surface area contributed by atoms with E-state index in [1.54, 1.807) is 42.5 Å². The number of anilines is 1. The predicted octanol–water partition coefficient (Wildman–Crippen LogP) is 6.24. The number of aryl methyl sites for hydroxylation is 2. The van der Waals surface area contributed by atoms with Gasteiger partial charge in [-0.25, -0.2) is 9.78 Å². The van der Waals surface area contributed by atoms with Crippen LogP contribution in [0.4, 0.5) is 5.69 Å². The summed E-state index contributed by atoms with van der Waals surface area (Å²) in [5.74, 6) is -1.55.